The molecule has 3 aromatic rings. The van der Waals surface area contributed by atoms with E-state index < -0.39 is 11.8 Å². The quantitative estimate of drug-likeness (QED) is 0.661. The Morgan fingerprint density at radius 1 is 1.31 bits per heavy atom. The number of anilines is 1. The number of hydrogen-bond acceptors (Lipinski definition) is 6. The molecule has 4 rings (SSSR count). The van der Waals surface area contributed by atoms with Crippen molar-refractivity contribution >= 4 is 17.5 Å². The molecule has 9 heteroatoms. The van der Waals surface area contributed by atoms with E-state index in [0.29, 0.717) is 23.9 Å². The highest BCUT2D eigenvalue weighted by molar-refractivity contribution is 6.08. The Morgan fingerprint density at radius 3 is 2.93 bits per heavy atom. The average Bonchev–Trinajstić information content (AvgIpc) is 3.45. The molecule has 0 spiro atoms. The van der Waals surface area contributed by atoms with E-state index in [0.717, 1.165) is 30.6 Å². The molecule has 0 aliphatic heterocycles. The topological polar surface area (TPSA) is 115 Å². The maximum atomic E-state index is 12.9. The summed E-state index contributed by atoms with van der Waals surface area (Å²) in [7, 11) is 0. The molecule has 1 unspecified atom stereocenters. The number of furan rings is 1. The standard InChI is InChI=1S/C20H23N5O4/c1-3-25-11-15(18(23-25)19(26)21-10-13-5-4-8-28-13)22-20(27)17-14-9-12(2)6-7-16(14)29-24-17/h4-5,8,11-12H,3,6-7,9-10H2,1-2H3,(H,21,26)(H,22,27). The van der Waals surface area contributed by atoms with Gasteiger partial charge in [-0.05, 0) is 37.8 Å². The van der Waals surface area contributed by atoms with Crippen LogP contribution in [0.25, 0.3) is 0 Å². The summed E-state index contributed by atoms with van der Waals surface area (Å²) in [6, 6.07) is 3.51. The van der Waals surface area contributed by atoms with Crippen LogP contribution in [0.2, 0.25) is 0 Å². The van der Waals surface area contributed by atoms with E-state index in [4.69, 9.17) is 8.94 Å². The molecule has 1 aliphatic rings. The fourth-order valence-electron chi connectivity index (χ4n) is 3.44. The van der Waals surface area contributed by atoms with Crippen LogP contribution in [0.15, 0.2) is 33.5 Å². The number of amides is 2. The molecule has 29 heavy (non-hydrogen) atoms. The normalized spacial score (nSPS) is 15.7. The number of nitrogens with one attached hydrogen (secondary N) is 2. The van der Waals surface area contributed by atoms with Gasteiger partial charge in [0, 0.05) is 24.7 Å². The summed E-state index contributed by atoms with van der Waals surface area (Å²) < 4.78 is 12.2. The van der Waals surface area contributed by atoms with Gasteiger partial charge in [-0.2, -0.15) is 5.10 Å². The van der Waals surface area contributed by atoms with Gasteiger partial charge in [-0.3, -0.25) is 14.3 Å². The maximum absolute atomic E-state index is 12.9. The van der Waals surface area contributed by atoms with Crippen molar-refractivity contribution in [1.29, 1.82) is 0 Å². The number of hydrogen-bond donors (Lipinski definition) is 2. The zero-order valence-electron chi connectivity index (χ0n) is 16.4. The van der Waals surface area contributed by atoms with Gasteiger partial charge in [0.1, 0.15) is 11.5 Å². The second-order valence-corrected chi connectivity index (χ2v) is 7.24. The second kappa shape index (κ2) is 7.94. The van der Waals surface area contributed by atoms with Crippen LogP contribution in [0, 0.1) is 5.92 Å². The number of aryl methyl sites for hydroxylation is 2. The Bertz CT molecular complexity index is 1020. The van der Waals surface area contributed by atoms with Crippen molar-refractivity contribution in [2.45, 2.75) is 46.2 Å². The predicted molar refractivity (Wildman–Crippen MR) is 103 cm³/mol. The van der Waals surface area contributed by atoms with Crippen molar-refractivity contribution in [2.75, 3.05) is 5.32 Å². The largest absolute Gasteiger partial charge is 0.467 e. The molecule has 152 valence electrons. The van der Waals surface area contributed by atoms with Crippen molar-refractivity contribution in [3.8, 4) is 0 Å². The number of carbonyl (C=O) groups excluding carboxylic acids is 2. The maximum Gasteiger partial charge on any atom is 0.278 e. The Kier molecular flexibility index (Phi) is 5.20. The minimum Gasteiger partial charge on any atom is -0.467 e. The minimum absolute atomic E-state index is 0.137. The first kappa shape index (κ1) is 19.0. The highest BCUT2D eigenvalue weighted by atomic mass is 16.5. The van der Waals surface area contributed by atoms with E-state index in [1.54, 1.807) is 29.3 Å². The van der Waals surface area contributed by atoms with Crippen LogP contribution in [0.1, 0.15) is 58.3 Å². The van der Waals surface area contributed by atoms with Crippen molar-refractivity contribution in [3.05, 3.63) is 53.1 Å². The van der Waals surface area contributed by atoms with Gasteiger partial charge >= 0.3 is 0 Å². The fraction of sp³-hybridized carbons (Fsp3) is 0.400. The molecule has 1 aliphatic carbocycles. The molecule has 0 fully saturated rings. The number of rotatable bonds is 6. The summed E-state index contributed by atoms with van der Waals surface area (Å²) in [5.74, 6) is 1.06. The van der Waals surface area contributed by atoms with Crippen molar-refractivity contribution in [3.63, 3.8) is 0 Å². The van der Waals surface area contributed by atoms with Crippen molar-refractivity contribution in [2.24, 2.45) is 5.92 Å². The van der Waals surface area contributed by atoms with E-state index >= 15 is 0 Å². The molecule has 2 N–H and O–H groups in total. The van der Waals surface area contributed by atoms with Gasteiger partial charge in [-0.1, -0.05) is 12.1 Å². The molecule has 0 bridgehead atoms. The first-order chi connectivity index (χ1) is 14.0. The van der Waals surface area contributed by atoms with E-state index in [1.807, 2.05) is 6.92 Å². The van der Waals surface area contributed by atoms with Gasteiger partial charge in [0.25, 0.3) is 11.8 Å². The lowest BCUT2D eigenvalue weighted by atomic mass is 9.88. The number of aromatic nitrogens is 3. The third-order valence-electron chi connectivity index (χ3n) is 5.05. The van der Waals surface area contributed by atoms with Gasteiger partial charge in [0.05, 0.1) is 18.5 Å². The average molecular weight is 397 g/mol. The summed E-state index contributed by atoms with van der Waals surface area (Å²) >= 11 is 0. The molecule has 9 nitrogen and oxygen atoms in total. The van der Waals surface area contributed by atoms with Gasteiger partial charge < -0.3 is 19.6 Å². The molecule has 0 radical (unpaired) electrons. The minimum atomic E-state index is -0.403. The first-order valence-electron chi connectivity index (χ1n) is 9.72. The van der Waals surface area contributed by atoms with Crippen LogP contribution in [0.5, 0.6) is 0 Å². The lowest BCUT2D eigenvalue weighted by molar-refractivity contribution is 0.0943. The summed E-state index contributed by atoms with van der Waals surface area (Å²) in [6.45, 7) is 4.83. The highest BCUT2D eigenvalue weighted by Gasteiger charge is 2.28. The summed E-state index contributed by atoms with van der Waals surface area (Å²) in [6.07, 6.45) is 5.73. The second-order valence-electron chi connectivity index (χ2n) is 7.24. The van der Waals surface area contributed by atoms with Crippen LogP contribution in [0.3, 0.4) is 0 Å². The Morgan fingerprint density at radius 2 is 2.17 bits per heavy atom. The van der Waals surface area contributed by atoms with E-state index in [2.05, 4.69) is 27.8 Å². The van der Waals surface area contributed by atoms with Crippen LogP contribution in [0.4, 0.5) is 5.69 Å². The highest BCUT2D eigenvalue weighted by Crippen LogP contribution is 2.28. The zero-order valence-corrected chi connectivity index (χ0v) is 16.4. The molecule has 1 atom stereocenters. The Labute approximate surface area is 167 Å². The SMILES string of the molecule is CCn1cc(NC(=O)c2noc3c2CC(C)CC3)c(C(=O)NCc2ccco2)n1. The fourth-order valence-corrected chi connectivity index (χ4v) is 3.44. The van der Waals surface area contributed by atoms with Crippen LogP contribution in [-0.4, -0.2) is 26.8 Å². The summed E-state index contributed by atoms with van der Waals surface area (Å²) in [4.78, 5) is 25.5. The molecule has 0 saturated heterocycles. The molecule has 3 aromatic heterocycles. The molecule has 2 amide bonds. The first-order valence-corrected chi connectivity index (χ1v) is 9.72. The Hall–Kier alpha value is -3.36. The van der Waals surface area contributed by atoms with Gasteiger partial charge in [0.15, 0.2) is 11.4 Å². The van der Waals surface area contributed by atoms with Gasteiger partial charge in [-0.25, -0.2) is 0 Å². The monoisotopic (exact) mass is 397 g/mol. The van der Waals surface area contributed by atoms with Crippen LogP contribution >= 0.6 is 0 Å². The molecule has 0 aromatic carbocycles. The van der Waals surface area contributed by atoms with E-state index in [1.165, 1.54) is 0 Å². The third kappa shape index (κ3) is 3.94. The van der Waals surface area contributed by atoms with Crippen LogP contribution < -0.4 is 10.6 Å². The zero-order chi connectivity index (χ0) is 20.4. The molecular weight excluding hydrogens is 374 g/mol. The predicted octanol–water partition coefficient (Wildman–Crippen LogP) is 2.79. The smallest absolute Gasteiger partial charge is 0.278 e. The number of fused-ring (bicyclic) bond motifs is 1. The lowest BCUT2D eigenvalue weighted by Crippen LogP contribution is -2.25. The van der Waals surface area contributed by atoms with Crippen LogP contribution in [-0.2, 0) is 25.9 Å². The molecule has 0 saturated carbocycles. The van der Waals surface area contributed by atoms with E-state index in [-0.39, 0.29) is 17.9 Å². The summed E-state index contributed by atoms with van der Waals surface area (Å²) in [5.41, 5.74) is 1.59. The van der Waals surface area contributed by atoms with E-state index in [9.17, 15) is 9.59 Å². The molecule has 3 heterocycles. The van der Waals surface area contributed by atoms with Crippen molar-refractivity contribution < 1.29 is 18.5 Å². The Balaban J connectivity index is 1.52. The lowest BCUT2D eigenvalue weighted by Gasteiger charge is -2.16. The van der Waals surface area contributed by atoms with Gasteiger partial charge in [0.2, 0.25) is 0 Å². The number of carbonyl (C=O) groups is 2. The number of nitrogens with zero attached hydrogens (tertiary/aromatic N) is 3. The third-order valence-corrected chi connectivity index (χ3v) is 5.05. The summed E-state index contributed by atoms with van der Waals surface area (Å²) in [5, 5.41) is 13.8. The molecular formula is C20H23N5O4. The van der Waals surface area contributed by atoms with Crippen molar-refractivity contribution in [1.82, 2.24) is 20.3 Å². The van der Waals surface area contributed by atoms with Gasteiger partial charge in [-0.15, -0.1) is 0 Å².